The largest absolute Gasteiger partial charge is 0.497 e. The Balaban J connectivity index is 1.91. The van der Waals surface area contributed by atoms with E-state index in [9.17, 15) is 18.0 Å². The molecule has 0 saturated carbocycles. The van der Waals surface area contributed by atoms with E-state index in [1.54, 1.807) is 30.3 Å². The van der Waals surface area contributed by atoms with Gasteiger partial charge in [-0.3, -0.25) is 4.79 Å². The van der Waals surface area contributed by atoms with Crippen molar-refractivity contribution in [2.75, 3.05) is 14.2 Å². The van der Waals surface area contributed by atoms with Gasteiger partial charge in [-0.15, -0.1) is 0 Å². The number of halogens is 3. The Hall–Kier alpha value is -3.49. The lowest BCUT2D eigenvalue weighted by Gasteiger charge is -2.14. The van der Waals surface area contributed by atoms with E-state index in [2.05, 4.69) is 10.4 Å². The van der Waals surface area contributed by atoms with Crippen molar-refractivity contribution >= 4 is 5.91 Å². The Bertz CT molecular complexity index is 1040. The summed E-state index contributed by atoms with van der Waals surface area (Å²) in [5, 5.41) is 6.31. The van der Waals surface area contributed by atoms with Crippen LogP contribution in [0.15, 0.2) is 48.7 Å². The molecule has 1 N–H and O–H groups in total. The van der Waals surface area contributed by atoms with Crippen LogP contribution in [0, 0.1) is 6.92 Å². The number of aromatic nitrogens is 2. The summed E-state index contributed by atoms with van der Waals surface area (Å²) in [6.07, 6.45) is -3.86. The number of hydrogen-bond acceptors (Lipinski definition) is 4. The van der Waals surface area contributed by atoms with Crippen LogP contribution in [0.2, 0.25) is 0 Å². The third kappa shape index (κ3) is 4.40. The van der Waals surface area contributed by atoms with Gasteiger partial charge in [-0.2, -0.15) is 18.3 Å². The van der Waals surface area contributed by atoms with Crippen LogP contribution in [-0.4, -0.2) is 29.9 Å². The van der Waals surface area contributed by atoms with Gasteiger partial charge in [-0.05, 0) is 37.3 Å². The highest BCUT2D eigenvalue weighted by atomic mass is 19.4. The molecule has 30 heavy (non-hydrogen) atoms. The van der Waals surface area contributed by atoms with Gasteiger partial charge in [-0.1, -0.05) is 17.7 Å². The summed E-state index contributed by atoms with van der Waals surface area (Å²) < 4.78 is 52.4. The van der Waals surface area contributed by atoms with Crippen LogP contribution < -0.4 is 14.8 Å². The highest BCUT2D eigenvalue weighted by Gasteiger charge is 2.40. The zero-order valence-corrected chi connectivity index (χ0v) is 16.6. The van der Waals surface area contributed by atoms with E-state index in [-0.39, 0.29) is 12.2 Å². The molecule has 3 rings (SSSR count). The van der Waals surface area contributed by atoms with Gasteiger partial charge >= 0.3 is 6.18 Å². The zero-order chi connectivity index (χ0) is 21.9. The van der Waals surface area contributed by atoms with Crippen molar-refractivity contribution < 1.29 is 27.4 Å². The van der Waals surface area contributed by atoms with E-state index in [1.807, 2.05) is 6.92 Å². The molecule has 1 aromatic heterocycles. The molecule has 0 atom stereocenters. The van der Waals surface area contributed by atoms with Gasteiger partial charge in [0.1, 0.15) is 11.5 Å². The third-order valence-corrected chi connectivity index (χ3v) is 4.49. The molecule has 1 heterocycles. The van der Waals surface area contributed by atoms with Gasteiger partial charge < -0.3 is 14.8 Å². The van der Waals surface area contributed by atoms with Crippen LogP contribution in [0.3, 0.4) is 0 Å². The highest BCUT2D eigenvalue weighted by molar-refractivity contribution is 5.95. The molecule has 0 spiro atoms. The van der Waals surface area contributed by atoms with Gasteiger partial charge in [0.15, 0.2) is 5.69 Å². The normalized spacial score (nSPS) is 11.3. The third-order valence-electron chi connectivity index (χ3n) is 4.49. The highest BCUT2D eigenvalue weighted by Crippen LogP contribution is 2.34. The maximum absolute atomic E-state index is 13.8. The molecule has 1 amide bonds. The second-order valence-electron chi connectivity index (χ2n) is 6.51. The van der Waals surface area contributed by atoms with Gasteiger partial charge in [0, 0.05) is 12.1 Å². The fourth-order valence-corrected chi connectivity index (χ4v) is 2.96. The van der Waals surface area contributed by atoms with Gasteiger partial charge in [0.25, 0.3) is 5.91 Å². The number of nitrogens with zero attached hydrogens (tertiary/aromatic N) is 2. The molecule has 0 saturated heterocycles. The molecule has 0 bridgehead atoms. The van der Waals surface area contributed by atoms with E-state index in [4.69, 9.17) is 9.47 Å². The van der Waals surface area contributed by atoms with Crippen molar-refractivity contribution in [3.63, 3.8) is 0 Å². The first-order chi connectivity index (χ1) is 14.2. The van der Waals surface area contributed by atoms with E-state index in [0.29, 0.717) is 17.1 Å². The Morgan fingerprint density at radius 1 is 1.10 bits per heavy atom. The average molecular weight is 419 g/mol. The molecular formula is C21H20F3N3O3. The van der Waals surface area contributed by atoms with Crippen LogP contribution in [0.1, 0.15) is 27.2 Å². The molecule has 158 valence electrons. The van der Waals surface area contributed by atoms with Crippen LogP contribution in [0.4, 0.5) is 13.2 Å². The van der Waals surface area contributed by atoms with Crippen LogP contribution in [0.25, 0.3) is 5.69 Å². The molecule has 9 heteroatoms. The SMILES string of the molecule is COc1ccc(OC)c(CNC(=O)c2cnn(-c3ccc(C)cc3)c2C(F)(F)F)c1. The Kier molecular flexibility index (Phi) is 6.00. The first kappa shape index (κ1) is 21.2. The first-order valence-corrected chi connectivity index (χ1v) is 8.96. The number of alkyl halides is 3. The first-order valence-electron chi connectivity index (χ1n) is 8.96. The number of ether oxygens (including phenoxy) is 2. The van der Waals surface area contributed by atoms with Crippen molar-refractivity contribution in [3.05, 3.63) is 71.0 Å². The second kappa shape index (κ2) is 8.48. The standard InChI is InChI=1S/C21H20F3N3O3/c1-13-4-6-15(7-5-13)27-19(21(22,23)24)17(12-26-27)20(28)25-11-14-10-16(29-2)8-9-18(14)30-3/h4-10,12H,11H2,1-3H3,(H,25,28). The van der Waals surface area contributed by atoms with E-state index >= 15 is 0 Å². The molecule has 0 unspecified atom stereocenters. The van der Waals surface area contributed by atoms with Crippen molar-refractivity contribution in [3.8, 4) is 17.2 Å². The summed E-state index contributed by atoms with van der Waals surface area (Å²) in [7, 11) is 2.94. The van der Waals surface area contributed by atoms with E-state index in [1.165, 1.54) is 26.4 Å². The van der Waals surface area contributed by atoms with Crippen LogP contribution in [-0.2, 0) is 12.7 Å². The molecule has 0 aliphatic rings. The maximum Gasteiger partial charge on any atom is 0.434 e. The zero-order valence-electron chi connectivity index (χ0n) is 16.6. The van der Waals surface area contributed by atoms with Crippen LogP contribution >= 0.6 is 0 Å². The minimum atomic E-state index is -4.78. The van der Waals surface area contributed by atoms with E-state index < -0.39 is 23.3 Å². The van der Waals surface area contributed by atoms with Crippen molar-refractivity contribution in [2.24, 2.45) is 0 Å². The number of rotatable bonds is 6. The second-order valence-corrected chi connectivity index (χ2v) is 6.51. The fraction of sp³-hybridized carbons (Fsp3) is 0.238. The van der Waals surface area contributed by atoms with Crippen molar-refractivity contribution in [1.29, 1.82) is 0 Å². The minimum absolute atomic E-state index is 0.0494. The summed E-state index contributed by atoms with van der Waals surface area (Å²) in [4.78, 5) is 12.6. The number of hydrogen-bond donors (Lipinski definition) is 1. The smallest absolute Gasteiger partial charge is 0.434 e. The summed E-state index contributed by atoms with van der Waals surface area (Å²) in [5.74, 6) is 0.108. The molecule has 3 aromatic rings. The number of methoxy groups -OCH3 is 2. The van der Waals surface area contributed by atoms with Crippen molar-refractivity contribution in [1.82, 2.24) is 15.1 Å². The summed E-state index contributed by atoms with van der Waals surface area (Å²) in [6.45, 7) is 1.77. The quantitative estimate of drug-likeness (QED) is 0.652. The molecule has 0 radical (unpaired) electrons. The number of aryl methyl sites for hydroxylation is 1. The molecule has 0 fully saturated rings. The molecule has 6 nitrogen and oxygen atoms in total. The minimum Gasteiger partial charge on any atom is -0.497 e. The number of benzene rings is 2. The van der Waals surface area contributed by atoms with Crippen LogP contribution in [0.5, 0.6) is 11.5 Å². The predicted molar refractivity (Wildman–Crippen MR) is 104 cm³/mol. The molecule has 0 aliphatic heterocycles. The summed E-state index contributed by atoms with van der Waals surface area (Å²) >= 11 is 0. The van der Waals surface area contributed by atoms with Gasteiger partial charge in [0.05, 0.1) is 31.7 Å². The van der Waals surface area contributed by atoms with Gasteiger partial charge in [-0.25, -0.2) is 4.68 Å². The lowest BCUT2D eigenvalue weighted by Crippen LogP contribution is -2.26. The Morgan fingerprint density at radius 2 is 1.80 bits per heavy atom. The molecular weight excluding hydrogens is 399 g/mol. The summed E-state index contributed by atoms with van der Waals surface area (Å²) in [5.41, 5.74) is -0.0396. The lowest BCUT2D eigenvalue weighted by atomic mass is 10.1. The average Bonchev–Trinajstić information content (AvgIpc) is 3.18. The number of carbonyl (C=O) groups excluding carboxylic acids is 1. The number of amides is 1. The monoisotopic (exact) mass is 419 g/mol. The van der Waals surface area contributed by atoms with E-state index in [0.717, 1.165) is 16.4 Å². The van der Waals surface area contributed by atoms with Gasteiger partial charge in [0.2, 0.25) is 0 Å². The fourth-order valence-electron chi connectivity index (χ4n) is 2.96. The number of nitrogens with one attached hydrogen (secondary N) is 1. The maximum atomic E-state index is 13.8. The van der Waals surface area contributed by atoms with Crippen molar-refractivity contribution in [2.45, 2.75) is 19.6 Å². The number of carbonyl (C=O) groups is 1. The molecule has 2 aromatic carbocycles. The topological polar surface area (TPSA) is 65.4 Å². The molecule has 0 aliphatic carbocycles. The summed E-state index contributed by atoms with van der Waals surface area (Å²) in [6, 6.07) is 11.3. The predicted octanol–water partition coefficient (Wildman–Crippen LogP) is 4.15. The lowest BCUT2D eigenvalue weighted by molar-refractivity contribution is -0.143. The Labute approximate surface area is 171 Å². The Morgan fingerprint density at radius 3 is 2.40 bits per heavy atom.